The van der Waals surface area contributed by atoms with Gasteiger partial charge in [0.25, 0.3) is 0 Å². The standard InChI is InChI=1S/C23H23NO2/c25-23(24-18-19-9-3-1-4-10-19)13-5-2-8-16-26-22-15-14-20-11-6-7-12-21(20)17-22/h1,3-7,9-15,17H,2,8,16,18H2,(H,24,25)/b13-5+. The second-order valence-electron chi connectivity index (χ2n) is 6.11. The lowest BCUT2D eigenvalue weighted by atomic mass is 10.1. The summed E-state index contributed by atoms with van der Waals surface area (Å²) in [4.78, 5) is 11.8. The first-order chi connectivity index (χ1) is 12.8. The summed E-state index contributed by atoms with van der Waals surface area (Å²) in [5, 5.41) is 5.27. The Hall–Kier alpha value is -3.07. The highest BCUT2D eigenvalue weighted by Crippen LogP contribution is 2.20. The average Bonchev–Trinajstić information content (AvgIpc) is 2.69. The summed E-state index contributed by atoms with van der Waals surface area (Å²) < 4.78 is 5.79. The first kappa shape index (κ1) is 17.7. The molecule has 0 aromatic heterocycles. The molecule has 0 fully saturated rings. The van der Waals surface area contributed by atoms with Gasteiger partial charge in [-0.25, -0.2) is 0 Å². The summed E-state index contributed by atoms with van der Waals surface area (Å²) in [6.07, 6.45) is 5.17. The number of fused-ring (bicyclic) bond motifs is 1. The van der Waals surface area contributed by atoms with Crippen LogP contribution in [0.2, 0.25) is 0 Å². The van der Waals surface area contributed by atoms with Gasteiger partial charge in [-0.2, -0.15) is 0 Å². The molecule has 132 valence electrons. The molecule has 0 saturated carbocycles. The number of unbranched alkanes of at least 4 members (excludes halogenated alkanes) is 1. The lowest BCUT2D eigenvalue weighted by molar-refractivity contribution is -0.116. The molecule has 3 aromatic rings. The van der Waals surface area contributed by atoms with Crippen LogP contribution in [0.15, 0.2) is 84.9 Å². The minimum Gasteiger partial charge on any atom is -0.494 e. The van der Waals surface area contributed by atoms with Crippen LogP contribution in [0, 0.1) is 0 Å². The Balaban J connectivity index is 1.34. The number of hydrogen-bond donors (Lipinski definition) is 1. The minimum atomic E-state index is -0.0655. The van der Waals surface area contributed by atoms with Crippen LogP contribution in [0.1, 0.15) is 18.4 Å². The fourth-order valence-corrected chi connectivity index (χ4v) is 2.68. The highest BCUT2D eigenvalue weighted by molar-refractivity contribution is 5.87. The summed E-state index contributed by atoms with van der Waals surface area (Å²) in [5.41, 5.74) is 1.10. The van der Waals surface area contributed by atoms with Crippen LogP contribution in [-0.4, -0.2) is 12.5 Å². The molecule has 1 amide bonds. The zero-order valence-electron chi connectivity index (χ0n) is 14.7. The molecular weight excluding hydrogens is 322 g/mol. The second-order valence-corrected chi connectivity index (χ2v) is 6.11. The molecule has 1 N–H and O–H groups in total. The van der Waals surface area contributed by atoms with Crippen molar-refractivity contribution in [2.75, 3.05) is 6.61 Å². The van der Waals surface area contributed by atoms with Gasteiger partial charge in [0.1, 0.15) is 5.75 Å². The number of nitrogens with one attached hydrogen (secondary N) is 1. The molecule has 3 aromatic carbocycles. The van der Waals surface area contributed by atoms with Crippen molar-refractivity contribution in [3.05, 3.63) is 90.5 Å². The Morgan fingerprint density at radius 1 is 0.923 bits per heavy atom. The van der Waals surface area contributed by atoms with E-state index in [1.165, 1.54) is 10.8 Å². The summed E-state index contributed by atoms with van der Waals surface area (Å²) >= 11 is 0. The van der Waals surface area contributed by atoms with Gasteiger partial charge in [0.05, 0.1) is 6.61 Å². The lowest BCUT2D eigenvalue weighted by Crippen LogP contribution is -2.20. The predicted molar refractivity (Wildman–Crippen MR) is 106 cm³/mol. The van der Waals surface area contributed by atoms with E-state index >= 15 is 0 Å². The number of benzene rings is 3. The fourth-order valence-electron chi connectivity index (χ4n) is 2.68. The number of rotatable bonds is 8. The second kappa shape index (κ2) is 9.42. The zero-order chi connectivity index (χ0) is 18.0. The third kappa shape index (κ3) is 5.49. The van der Waals surface area contributed by atoms with Crippen molar-refractivity contribution in [3.8, 4) is 5.75 Å². The average molecular weight is 345 g/mol. The molecule has 0 aliphatic carbocycles. The zero-order valence-corrected chi connectivity index (χ0v) is 14.7. The molecule has 0 spiro atoms. The van der Waals surface area contributed by atoms with Gasteiger partial charge in [0.15, 0.2) is 0 Å². The van der Waals surface area contributed by atoms with Gasteiger partial charge < -0.3 is 10.1 Å². The van der Waals surface area contributed by atoms with Gasteiger partial charge in [-0.1, -0.05) is 66.7 Å². The minimum absolute atomic E-state index is 0.0655. The monoisotopic (exact) mass is 345 g/mol. The Kier molecular flexibility index (Phi) is 6.43. The number of carbonyl (C=O) groups is 1. The number of carbonyl (C=O) groups excluding carboxylic acids is 1. The van der Waals surface area contributed by atoms with Crippen molar-refractivity contribution in [1.29, 1.82) is 0 Å². The van der Waals surface area contributed by atoms with Gasteiger partial charge in [-0.3, -0.25) is 4.79 Å². The molecule has 3 heteroatoms. The van der Waals surface area contributed by atoms with E-state index in [1.54, 1.807) is 6.08 Å². The highest BCUT2D eigenvalue weighted by Gasteiger charge is 1.98. The maximum Gasteiger partial charge on any atom is 0.243 e. The number of hydrogen-bond acceptors (Lipinski definition) is 2. The first-order valence-corrected chi connectivity index (χ1v) is 8.91. The van der Waals surface area contributed by atoms with Crippen molar-refractivity contribution in [2.24, 2.45) is 0 Å². The summed E-state index contributed by atoms with van der Waals surface area (Å²) in [6.45, 7) is 1.18. The largest absolute Gasteiger partial charge is 0.494 e. The summed E-state index contributed by atoms with van der Waals surface area (Å²) in [7, 11) is 0. The van der Waals surface area contributed by atoms with Crippen LogP contribution in [-0.2, 0) is 11.3 Å². The Morgan fingerprint density at radius 3 is 2.54 bits per heavy atom. The van der Waals surface area contributed by atoms with E-state index in [1.807, 2.05) is 54.6 Å². The number of amides is 1. The van der Waals surface area contributed by atoms with E-state index in [2.05, 4.69) is 29.6 Å². The molecule has 3 nitrogen and oxygen atoms in total. The van der Waals surface area contributed by atoms with E-state index in [-0.39, 0.29) is 5.91 Å². The van der Waals surface area contributed by atoms with Crippen molar-refractivity contribution in [3.63, 3.8) is 0 Å². The normalized spacial score (nSPS) is 10.9. The van der Waals surface area contributed by atoms with Gasteiger partial charge in [0.2, 0.25) is 5.91 Å². The molecule has 0 atom stereocenters. The molecule has 3 rings (SSSR count). The molecular formula is C23H23NO2. The van der Waals surface area contributed by atoms with Crippen LogP contribution >= 0.6 is 0 Å². The molecule has 0 unspecified atom stereocenters. The maximum atomic E-state index is 11.8. The molecule has 0 saturated heterocycles. The third-order valence-corrected chi connectivity index (χ3v) is 4.08. The van der Waals surface area contributed by atoms with Crippen LogP contribution in [0.25, 0.3) is 10.8 Å². The summed E-state index contributed by atoms with van der Waals surface area (Å²) in [5.74, 6) is 0.817. The summed E-state index contributed by atoms with van der Waals surface area (Å²) in [6, 6.07) is 24.2. The van der Waals surface area contributed by atoms with Crippen molar-refractivity contribution < 1.29 is 9.53 Å². The van der Waals surface area contributed by atoms with E-state index in [9.17, 15) is 4.79 Å². The van der Waals surface area contributed by atoms with Crippen LogP contribution in [0.5, 0.6) is 5.75 Å². The van der Waals surface area contributed by atoms with Gasteiger partial charge in [0, 0.05) is 6.54 Å². The Labute approximate surface area is 154 Å². The maximum absolute atomic E-state index is 11.8. The van der Waals surface area contributed by atoms with Crippen molar-refractivity contribution in [1.82, 2.24) is 5.32 Å². The third-order valence-electron chi connectivity index (χ3n) is 4.08. The molecule has 26 heavy (non-hydrogen) atoms. The van der Waals surface area contributed by atoms with Gasteiger partial charge in [-0.15, -0.1) is 0 Å². The van der Waals surface area contributed by atoms with Crippen LogP contribution in [0.4, 0.5) is 0 Å². The number of ether oxygens (including phenoxy) is 1. The van der Waals surface area contributed by atoms with E-state index < -0.39 is 0 Å². The topological polar surface area (TPSA) is 38.3 Å². The quantitative estimate of drug-likeness (QED) is 0.467. The van der Waals surface area contributed by atoms with Crippen LogP contribution in [0.3, 0.4) is 0 Å². The van der Waals surface area contributed by atoms with E-state index in [0.717, 1.165) is 24.2 Å². The van der Waals surface area contributed by atoms with Crippen molar-refractivity contribution in [2.45, 2.75) is 19.4 Å². The molecule has 0 aliphatic heterocycles. The Bertz CT molecular complexity index is 872. The van der Waals surface area contributed by atoms with E-state index in [0.29, 0.717) is 13.2 Å². The molecule has 0 aliphatic rings. The number of allylic oxidation sites excluding steroid dienone is 1. The lowest BCUT2D eigenvalue weighted by Gasteiger charge is -2.06. The predicted octanol–water partition coefficient (Wildman–Crippen LogP) is 4.87. The molecule has 0 bridgehead atoms. The first-order valence-electron chi connectivity index (χ1n) is 8.91. The molecule has 0 heterocycles. The highest BCUT2D eigenvalue weighted by atomic mass is 16.5. The van der Waals surface area contributed by atoms with Crippen molar-refractivity contribution >= 4 is 16.7 Å². The van der Waals surface area contributed by atoms with Gasteiger partial charge >= 0.3 is 0 Å². The SMILES string of the molecule is O=C(/C=C/CCCOc1ccc2ccccc2c1)NCc1ccccc1. The smallest absolute Gasteiger partial charge is 0.243 e. The Morgan fingerprint density at radius 2 is 1.69 bits per heavy atom. The van der Waals surface area contributed by atoms with E-state index in [4.69, 9.17) is 4.74 Å². The molecule has 0 radical (unpaired) electrons. The van der Waals surface area contributed by atoms with Gasteiger partial charge in [-0.05, 0) is 47.4 Å². The fraction of sp³-hybridized carbons (Fsp3) is 0.174. The van der Waals surface area contributed by atoms with Crippen LogP contribution < -0.4 is 10.1 Å².